The Balaban J connectivity index is -0.000000231. The summed E-state index contributed by atoms with van der Waals surface area (Å²) < 4.78 is 0. The van der Waals surface area contributed by atoms with Gasteiger partial charge in [-0.2, -0.15) is 12.6 Å². The number of hydrogen-bond acceptors (Lipinski definition) is 14. The number of carbonyl (C=O) groups is 2. The number of rotatable bonds is 18. The molecule has 1 aromatic rings. The number of carboxylic acids is 2. The van der Waals surface area contributed by atoms with Crippen molar-refractivity contribution in [1.29, 1.82) is 0 Å². The van der Waals surface area contributed by atoms with Crippen LogP contribution >= 0.6 is 55.8 Å². The molecule has 0 aliphatic rings. The van der Waals surface area contributed by atoms with Gasteiger partial charge in [-0.05, 0) is 66.7 Å². The minimum absolute atomic E-state index is 0.200. The predicted molar refractivity (Wildman–Crippen MR) is 194 cm³/mol. The summed E-state index contributed by atoms with van der Waals surface area (Å²) in [6.45, 7) is 4.49. The summed E-state index contributed by atoms with van der Waals surface area (Å²) >= 11 is 19.6. The number of carboxylic acid groups (broad SMARTS) is 2. The van der Waals surface area contributed by atoms with Crippen molar-refractivity contribution in [3.05, 3.63) is 24.4 Å². The van der Waals surface area contributed by atoms with Gasteiger partial charge >= 0.3 is 11.9 Å². The maximum atomic E-state index is 10.3. The van der Waals surface area contributed by atoms with E-state index < -0.39 is 11.9 Å². The number of nitrogens with zero attached hydrogens (tertiary/aromatic N) is 1. The van der Waals surface area contributed by atoms with Crippen molar-refractivity contribution in [3.8, 4) is 0 Å². The van der Waals surface area contributed by atoms with Gasteiger partial charge in [0.05, 0.1) is 0 Å². The summed E-state index contributed by atoms with van der Waals surface area (Å²) in [5, 5.41) is 35.3. The number of hydrogen-bond donors (Lipinski definition) is 5. The van der Waals surface area contributed by atoms with E-state index in [-0.39, 0.29) is 24.7 Å². The third kappa shape index (κ3) is 51.6. The van der Waals surface area contributed by atoms with Gasteiger partial charge in [0.15, 0.2) is 0 Å². The Morgan fingerprint density at radius 1 is 0.900 bits per heavy atom. The van der Waals surface area contributed by atoms with Crippen molar-refractivity contribution in [3.63, 3.8) is 0 Å². The molecule has 0 aliphatic heterocycles. The maximum Gasteiger partial charge on any atom is 0.303 e. The number of aliphatic carboxylic acids is 2. The van der Waals surface area contributed by atoms with Crippen molar-refractivity contribution in [1.82, 2.24) is 4.98 Å². The largest absolute Gasteiger partial charge is 0.481 e. The van der Waals surface area contributed by atoms with E-state index in [1.807, 2.05) is 32.0 Å². The normalized spacial score (nSPS) is 10.8. The van der Waals surface area contributed by atoms with Gasteiger partial charge in [-0.25, -0.2) is 4.98 Å². The minimum Gasteiger partial charge on any atom is -0.481 e. The summed E-state index contributed by atoms with van der Waals surface area (Å²) in [7, 11) is 7.91. The molecule has 1 heterocycles. The fraction of sp³-hybridized carbons (Fsp3) is 0.696. The first-order valence-electron chi connectivity index (χ1n) is 12.0. The highest BCUT2D eigenvalue weighted by atomic mass is 33.1. The second-order valence-electron chi connectivity index (χ2n) is 7.45. The molecule has 7 nitrogen and oxygen atoms in total. The molecule has 0 saturated carbocycles. The van der Waals surface area contributed by atoms with E-state index >= 15 is 0 Å². The first kappa shape index (κ1) is 47.8. The Morgan fingerprint density at radius 2 is 1.40 bits per heavy atom. The second-order valence-corrected chi connectivity index (χ2v) is 15.5. The van der Waals surface area contributed by atoms with Crippen molar-refractivity contribution in [2.45, 2.75) is 80.7 Å². The lowest BCUT2D eigenvalue weighted by molar-refractivity contribution is -0.138. The topological polar surface area (TPSA) is 128 Å². The number of unbranched alkanes of at least 4 members (excludes halogenated alkanes) is 2. The SMILES string of the molecule is CC(CCC(=O)O)SSCCCCO.CC(S)CCC(=O)O.OCCCCSSc1ccccn1.S=S.S=S=S. The number of aliphatic hydroxyl groups excluding tert-OH is 2. The summed E-state index contributed by atoms with van der Waals surface area (Å²) in [4.78, 5) is 24.3. The van der Waals surface area contributed by atoms with Crippen LogP contribution in [0, 0.1) is 0 Å². The molecule has 2 unspecified atom stereocenters. The fourth-order valence-electron chi connectivity index (χ4n) is 1.92. The zero-order valence-electron chi connectivity index (χ0n) is 22.6. The van der Waals surface area contributed by atoms with Crippen LogP contribution in [-0.2, 0) is 63.2 Å². The quantitative estimate of drug-likeness (QED) is 0.0669. The average Bonchev–Trinajstić information content (AvgIpc) is 2.93. The van der Waals surface area contributed by atoms with E-state index in [4.69, 9.17) is 20.4 Å². The Kier molecular flexibility index (Phi) is 50.2. The molecule has 0 aliphatic carbocycles. The van der Waals surface area contributed by atoms with Crippen LogP contribution in [0.15, 0.2) is 29.4 Å². The van der Waals surface area contributed by atoms with E-state index in [2.05, 4.69) is 62.4 Å². The molecule has 0 aromatic carbocycles. The Morgan fingerprint density at radius 3 is 1.80 bits per heavy atom. The van der Waals surface area contributed by atoms with Crippen LogP contribution in [-0.4, -0.2) is 72.6 Å². The van der Waals surface area contributed by atoms with Gasteiger partial charge in [-0.15, -0.1) is 0 Å². The summed E-state index contributed by atoms with van der Waals surface area (Å²) in [6, 6.07) is 5.91. The van der Waals surface area contributed by atoms with E-state index in [0.29, 0.717) is 18.3 Å². The lowest BCUT2D eigenvalue weighted by atomic mass is 10.2. The molecular weight excluding hydrogens is 707 g/mol. The van der Waals surface area contributed by atoms with Crippen molar-refractivity contribution >= 4 is 121 Å². The molecule has 40 heavy (non-hydrogen) atoms. The first-order chi connectivity index (χ1) is 19.1. The number of aliphatic hydroxyl groups is 2. The van der Waals surface area contributed by atoms with E-state index in [0.717, 1.165) is 57.5 Å². The average molecular weight is 748 g/mol. The van der Waals surface area contributed by atoms with E-state index in [1.165, 1.54) is 0 Å². The first-order valence-corrected chi connectivity index (χ1v) is 21.3. The molecule has 1 rings (SSSR count). The second kappa shape index (κ2) is 42.0. The van der Waals surface area contributed by atoms with Gasteiger partial charge in [0.1, 0.15) is 5.03 Å². The van der Waals surface area contributed by atoms with Crippen LogP contribution in [0.3, 0.4) is 0 Å². The van der Waals surface area contributed by atoms with Crippen LogP contribution in [0.2, 0.25) is 0 Å². The predicted octanol–water partition coefficient (Wildman–Crippen LogP) is 6.15. The number of thiol groups is 1. The standard InChI is InChI=1S/C9H13NOS2.C9H18O3S2.C5H10O2S.S3.S2/c11-7-3-4-8-12-13-9-5-1-2-6-10-9;1-8(4-5-9(11)12)14-13-7-3-2-6-10;1-4(8)2-3-5(6)7;1-3-2;1-2/h1-2,5-6,11H,3-4,7-8H2;8,10H,2-7H2,1H3,(H,11,12);4,8H,2-3H2,1H3,(H,6,7);;. The van der Waals surface area contributed by atoms with Gasteiger partial charge in [0.25, 0.3) is 0 Å². The Labute approximate surface area is 283 Å². The van der Waals surface area contributed by atoms with Gasteiger partial charge < -0.3 is 20.4 Å². The molecule has 4 N–H and O–H groups in total. The van der Waals surface area contributed by atoms with E-state index in [9.17, 15) is 9.59 Å². The molecule has 0 radical (unpaired) electrons. The number of pyridine rings is 1. The van der Waals surface area contributed by atoms with Gasteiger partial charge in [0, 0.05) is 103 Å². The van der Waals surface area contributed by atoms with Gasteiger partial charge in [0.2, 0.25) is 0 Å². The Bertz CT molecular complexity index is 717. The lowest BCUT2D eigenvalue weighted by Crippen LogP contribution is -2.01. The van der Waals surface area contributed by atoms with Crippen LogP contribution < -0.4 is 0 Å². The van der Waals surface area contributed by atoms with Crippen molar-refractivity contribution in [2.75, 3.05) is 24.7 Å². The minimum atomic E-state index is -0.745. The van der Waals surface area contributed by atoms with Crippen LogP contribution in [0.4, 0.5) is 0 Å². The zero-order chi connectivity index (χ0) is 31.4. The molecule has 0 bridgehead atoms. The molecule has 17 heteroatoms. The molecule has 0 saturated heterocycles. The number of aromatic nitrogens is 1. The van der Waals surface area contributed by atoms with E-state index in [1.54, 1.807) is 49.4 Å². The zero-order valence-corrected chi connectivity index (χ0v) is 30.9. The smallest absolute Gasteiger partial charge is 0.303 e. The summed E-state index contributed by atoms with van der Waals surface area (Å²) in [6.07, 6.45) is 7.52. The third-order valence-corrected chi connectivity index (χ3v) is 9.49. The Hall–Kier alpha value is 0.860. The summed E-state index contributed by atoms with van der Waals surface area (Å²) in [5.41, 5.74) is 0. The highest BCUT2D eigenvalue weighted by Gasteiger charge is 2.05. The van der Waals surface area contributed by atoms with Crippen molar-refractivity contribution < 1.29 is 30.0 Å². The molecule has 1 aromatic heterocycles. The molecule has 0 spiro atoms. The molecule has 0 amide bonds. The summed E-state index contributed by atoms with van der Waals surface area (Å²) in [5.74, 6) is 0.637. The van der Waals surface area contributed by atoms with Crippen LogP contribution in [0.1, 0.15) is 65.2 Å². The highest BCUT2D eigenvalue weighted by molar-refractivity contribution is 8.77. The molecular formula is C23H41NO6S10. The molecule has 0 fully saturated rings. The third-order valence-electron chi connectivity index (χ3n) is 3.83. The van der Waals surface area contributed by atoms with Gasteiger partial charge in [-0.3, -0.25) is 9.59 Å². The van der Waals surface area contributed by atoms with Gasteiger partial charge in [-0.1, -0.05) is 52.3 Å². The van der Waals surface area contributed by atoms with Crippen molar-refractivity contribution in [2.24, 2.45) is 0 Å². The maximum absolute atomic E-state index is 10.3. The lowest BCUT2D eigenvalue weighted by Gasteiger charge is -2.07. The monoisotopic (exact) mass is 747 g/mol. The molecule has 2 atom stereocenters. The van der Waals surface area contributed by atoms with Crippen LogP contribution in [0.5, 0.6) is 0 Å². The fourth-order valence-corrected chi connectivity index (χ4v) is 6.56. The van der Waals surface area contributed by atoms with Crippen LogP contribution in [0.25, 0.3) is 0 Å². The highest BCUT2D eigenvalue weighted by Crippen LogP contribution is 2.30. The molecule has 234 valence electrons.